The molecule has 4 aliphatic rings. The Labute approximate surface area is 650 Å². The second kappa shape index (κ2) is 40.7. The number of aliphatic hydroxyl groups excluding tert-OH is 9. The molecule has 3 aliphatic heterocycles. The van der Waals surface area contributed by atoms with E-state index in [2.05, 4.69) is 31.6 Å². The van der Waals surface area contributed by atoms with Crippen molar-refractivity contribution in [3.63, 3.8) is 0 Å². The third-order valence-corrected chi connectivity index (χ3v) is 19.0. The first-order valence-corrected chi connectivity index (χ1v) is 35.7. The smallest absolute Gasteiger partial charge is 0.364 e. The predicted molar refractivity (Wildman–Crippen MR) is 381 cm³/mol. The number of hydrogen-bond acceptors (Lipinski definition) is 31. The van der Waals surface area contributed by atoms with Crippen LogP contribution in [0, 0.1) is 5.92 Å². The number of hydrogen-bond donors (Lipinski definition) is 19. The van der Waals surface area contributed by atoms with Crippen LogP contribution in [0.3, 0.4) is 0 Å². The maximum atomic E-state index is 14.6. The largest absolute Gasteiger partial charge is 0.494 e. The number of carbonyl (C=O) groups is 9. The van der Waals surface area contributed by atoms with Gasteiger partial charge in [0.15, 0.2) is 30.2 Å². The van der Waals surface area contributed by atoms with Crippen molar-refractivity contribution in [2.45, 2.75) is 155 Å². The number of ether oxygens (including phenoxy) is 11. The first kappa shape index (κ1) is 89.4. The fourth-order valence-corrected chi connectivity index (χ4v) is 13.6. The number of carboxylic acids is 3. The Morgan fingerprint density at radius 3 is 1.85 bits per heavy atom. The van der Waals surface area contributed by atoms with Gasteiger partial charge < -0.3 is 145 Å². The quantitative estimate of drug-likeness (QED) is 0.0151. The van der Waals surface area contributed by atoms with Crippen LogP contribution < -0.4 is 47.3 Å². The summed E-state index contributed by atoms with van der Waals surface area (Å²) >= 11 is 12.9. The molecule has 1 aliphatic carbocycles. The van der Waals surface area contributed by atoms with Crippen molar-refractivity contribution in [3.8, 4) is 11.5 Å². The maximum Gasteiger partial charge on any atom is 0.364 e. The first-order chi connectivity index (χ1) is 53.6. The van der Waals surface area contributed by atoms with E-state index in [1.54, 1.807) is 6.08 Å². The number of aliphatic hydroxyl groups is 9. The Kier molecular flexibility index (Phi) is 32.2. The summed E-state index contributed by atoms with van der Waals surface area (Å²) in [5.41, 5.74) is -2.98. The molecule has 1 unspecified atom stereocenters. The lowest BCUT2D eigenvalue weighted by Crippen LogP contribution is -2.71. The van der Waals surface area contributed by atoms with Gasteiger partial charge >= 0.3 is 29.6 Å². The highest BCUT2D eigenvalue weighted by molar-refractivity contribution is 6.33. The highest BCUT2D eigenvalue weighted by Crippen LogP contribution is 2.43. The number of esters is 1. The van der Waals surface area contributed by atoms with Crippen molar-refractivity contribution >= 4 is 82.2 Å². The molecule has 620 valence electrons. The van der Waals surface area contributed by atoms with Crippen molar-refractivity contribution < 1.29 is 157 Å². The Morgan fingerprint density at radius 1 is 0.690 bits per heavy atom. The van der Waals surface area contributed by atoms with E-state index in [4.69, 9.17) is 75.3 Å². The summed E-state index contributed by atoms with van der Waals surface area (Å²) in [6.07, 6.45) is -33.6. The summed E-state index contributed by atoms with van der Waals surface area (Å²) < 4.78 is 64.0. The van der Waals surface area contributed by atoms with Crippen LogP contribution in [0.25, 0.3) is 5.57 Å². The van der Waals surface area contributed by atoms with Crippen LogP contribution in [0.15, 0.2) is 76.3 Å². The van der Waals surface area contributed by atoms with Gasteiger partial charge in [-0.15, -0.1) is 0 Å². The van der Waals surface area contributed by atoms with E-state index in [0.29, 0.717) is 6.07 Å². The second-order valence-corrected chi connectivity index (χ2v) is 27.1. The molecule has 3 saturated heterocycles. The molecule has 1 aromatic heterocycles. The van der Waals surface area contributed by atoms with E-state index < -0.39 is 238 Å². The van der Waals surface area contributed by atoms with Crippen LogP contribution in [0.1, 0.15) is 92.2 Å². The molecular weight excluding hydrogens is 1550 g/mol. The molecule has 41 nitrogen and oxygen atoms in total. The van der Waals surface area contributed by atoms with Gasteiger partial charge in [0.25, 0.3) is 17.3 Å². The summed E-state index contributed by atoms with van der Waals surface area (Å²) in [4.78, 5) is 149. The lowest BCUT2D eigenvalue weighted by molar-refractivity contribution is -0.378. The number of aromatic carboxylic acids is 2. The molecule has 5 amide bonds. The van der Waals surface area contributed by atoms with Crippen LogP contribution in [-0.4, -0.2) is 314 Å². The summed E-state index contributed by atoms with van der Waals surface area (Å²) in [7, 11) is 2.46. The van der Waals surface area contributed by atoms with E-state index in [9.17, 15) is 114 Å². The summed E-state index contributed by atoms with van der Waals surface area (Å²) in [6.45, 7) is -2.21. The van der Waals surface area contributed by atoms with Gasteiger partial charge in [-0.2, -0.15) is 0 Å². The van der Waals surface area contributed by atoms with Crippen molar-refractivity contribution in [1.82, 2.24) is 36.6 Å². The SMILES string of the molecule is COc1c(Cl)cc(C(=CCCNC(=O)COCCOCC(=O)NCCNC(=O)C2C[C@H](NC(=O)c3cc(=O)[nH]c(=O)[nH]3)[C@@H](O[C@@H]3O[C@@H](C)[C@@H](O)[C@@H](O)[C@@H]3O)[C@H](O[C@@H]3O[C@H](CO)[C@H](O)[C@H](O[C@]4(C(=O)O)C[C@H](O)[C@@H](NC(C)=O)[C@@H]([C@H](O)[C@H](O)CO)O4)[C@H]3OC(=O)c3ccccc3)C2)c2cc(Cl)c(OC)c(C(=O)O)c2)cc1C(=O)O. The van der Waals surface area contributed by atoms with Gasteiger partial charge in [0.05, 0.1) is 86.7 Å². The second-order valence-electron chi connectivity index (χ2n) is 26.3. The molecule has 4 fully saturated rings. The number of amides is 5. The third-order valence-electron chi connectivity index (χ3n) is 18.5. The number of carbonyl (C=O) groups excluding carboxylic acids is 6. The number of aromatic amines is 2. The standard InChI is InChI=1S/C70H87Cl2N7O34/c1-29-50(88)53(91)54(92)66(107-29)111-57-40(77-62(94)41-23-46(85)79-69(102)78-41)21-34(22-44(57)108-67-60(110-65(99)31-9-6-5-7-10-31)59(52(90)45(26-81)109-67)113-70(68(100)101)24-42(83)49(76-30(2)82)58(112-70)51(89)43(84)25-80)61(93)75-14-13-74-48(87)28-106-16-15-105-27-47(86)73-12-8-11-35(32-17-36(63(95)96)55(103-3)38(71)19-32)33-18-37(64(97)98)56(104-4)39(72)20-33/h5-7,9-11,17-20,23,29,34,40,42-45,49-54,57-60,66-67,80-81,83-84,88-92H,8,12-16,21-22,24-28H2,1-4H3,(H,73,86)(H,74,87)(H,75,93)(H,76,82)(H,77,94)(H,95,96)(H,97,98)(H,100,101)(H2,78,79,85,102)/t29-,34?,40-,42-,43+,44+,45+,49+,50+,51+,52-,53+,54-,57+,58-,59-,60+,66-,67+,70-/m0/s1. The van der Waals surface area contributed by atoms with E-state index in [1.807, 2.05) is 4.98 Å². The van der Waals surface area contributed by atoms with Gasteiger partial charge in [-0.05, 0) is 79.3 Å². The van der Waals surface area contributed by atoms with Gasteiger partial charge in [0.1, 0.15) is 91.1 Å². The summed E-state index contributed by atoms with van der Waals surface area (Å²) in [6, 6.07) is 9.45. The topological polar surface area (TPSA) is 624 Å². The normalized spacial score (nSPS) is 27.4. The summed E-state index contributed by atoms with van der Waals surface area (Å²) in [5.74, 6) is -15.4. The maximum absolute atomic E-state index is 14.6. The number of carboxylic acid groups (broad SMARTS) is 3. The molecule has 4 heterocycles. The van der Waals surface area contributed by atoms with Crippen molar-refractivity contribution in [1.29, 1.82) is 0 Å². The number of methoxy groups -OCH3 is 2. The molecule has 4 aromatic rings. The molecule has 1 saturated carbocycles. The van der Waals surface area contributed by atoms with Crippen LogP contribution in [0.2, 0.25) is 10.0 Å². The molecule has 0 radical (unpaired) electrons. The minimum absolute atomic E-state index is 0.0161. The van der Waals surface area contributed by atoms with Gasteiger partial charge in [0.2, 0.25) is 23.6 Å². The minimum Gasteiger partial charge on any atom is -0.494 e. The lowest BCUT2D eigenvalue weighted by atomic mass is 9.80. The Balaban J connectivity index is 0.981. The number of rotatable bonds is 36. The minimum atomic E-state index is -3.33. The molecule has 0 bridgehead atoms. The zero-order valence-corrected chi connectivity index (χ0v) is 62.1. The van der Waals surface area contributed by atoms with Crippen LogP contribution in [0.4, 0.5) is 0 Å². The van der Waals surface area contributed by atoms with Gasteiger partial charge in [-0.25, -0.2) is 24.0 Å². The lowest BCUT2D eigenvalue weighted by Gasteiger charge is -2.51. The first-order valence-electron chi connectivity index (χ1n) is 34.9. The van der Waals surface area contributed by atoms with Gasteiger partial charge in [0, 0.05) is 45.0 Å². The van der Waals surface area contributed by atoms with Crippen molar-refractivity contribution in [2.75, 3.05) is 73.5 Å². The highest BCUT2D eigenvalue weighted by Gasteiger charge is 2.61. The molecule has 0 spiro atoms. The summed E-state index contributed by atoms with van der Waals surface area (Å²) in [5, 5.41) is 143. The van der Waals surface area contributed by atoms with E-state index in [-0.39, 0.29) is 94.2 Å². The van der Waals surface area contributed by atoms with Crippen LogP contribution in [0.5, 0.6) is 11.5 Å². The molecule has 43 heteroatoms. The van der Waals surface area contributed by atoms with Gasteiger partial charge in [-0.3, -0.25) is 33.8 Å². The number of nitrogens with one attached hydrogen (secondary N) is 7. The Hall–Kier alpha value is -9.19. The monoisotopic (exact) mass is 1640 g/mol. The van der Waals surface area contributed by atoms with E-state index >= 15 is 0 Å². The Morgan fingerprint density at radius 2 is 1.29 bits per heavy atom. The number of benzene rings is 3. The number of aliphatic carboxylic acids is 1. The van der Waals surface area contributed by atoms with Crippen LogP contribution in [-0.2, 0) is 66.6 Å². The van der Waals surface area contributed by atoms with E-state index in [0.717, 1.165) is 6.92 Å². The zero-order chi connectivity index (χ0) is 82.9. The number of halogens is 2. The fraction of sp³-hybridized carbons (Fsp3) is 0.529. The Bertz CT molecular complexity index is 4090. The van der Waals surface area contributed by atoms with Crippen molar-refractivity contribution in [3.05, 3.63) is 131 Å². The molecule has 8 rings (SSSR count). The number of H-pyrrole nitrogens is 2. The zero-order valence-electron chi connectivity index (χ0n) is 60.6. The fourth-order valence-electron chi connectivity index (χ4n) is 13.0. The highest BCUT2D eigenvalue weighted by atomic mass is 35.5. The van der Waals surface area contributed by atoms with Crippen molar-refractivity contribution in [2.24, 2.45) is 5.92 Å². The average molecular weight is 1640 g/mol. The molecular formula is C70H87Cl2N7O34. The predicted octanol–water partition coefficient (Wildman–Crippen LogP) is -4.37. The average Bonchev–Trinajstić information content (AvgIpc) is 0.751. The molecule has 3 aromatic carbocycles. The molecule has 20 atom stereocenters. The molecule has 19 N–H and O–H groups in total. The van der Waals surface area contributed by atoms with E-state index in [1.165, 1.54) is 75.7 Å². The third kappa shape index (κ3) is 22.6. The van der Waals surface area contributed by atoms with Gasteiger partial charge in [-0.1, -0.05) is 47.5 Å². The molecule has 113 heavy (non-hydrogen) atoms. The van der Waals surface area contributed by atoms with Crippen LogP contribution >= 0.6 is 23.2 Å². The number of aromatic nitrogens is 2.